The summed E-state index contributed by atoms with van der Waals surface area (Å²) in [5, 5.41) is 12.9. The zero-order chi connectivity index (χ0) is 14.1. The first-order valence-electron chi connectivity index (χ1n) is 6.86. The van der Waals surface area contributed by atoms with E-state index >= 15 is 0 Å². The van der Waals surface area contributed by atoms with E-state index in [4.69, 9.17) is 4.74 Å². The van der Waals surface area contributed by atoms with Crippen LogP contribution in [0.5, 0.6) is 5.75 Å². The van der Waals surface area contributed by atoms with Gasteiger partial charge in [0.15, 0.2) is 0 Å². The summed E-state index contributed by atoms with van der Waals surface area (Å²) in [6, 6.07) is 7.92. The van der Waals surface area contributed by atoms with Crippen LogP contribution in [0.25, 0.3) is 6.08 Å². The molecule has 0 unspecified atom stereocenters. The van der Waals surface area contributed by atoms with Gasteiger partial charge >= 0.3 is 0 Å². The zero-order valence-corrected chi connectivity index (χ0v) is 12.1. The van der Waals surface area contributed by atoms with Crippen molar-refractivity contribution >= 4 is 6.08 Å². The summed E-state index contributed by atoms with van der Waals surface area (Å²) in [4.78, 5) is 0. The minimum Gasteiger partial charge on any atom is -0.496 e. The maximum absolute atomic E-state index is 9.47. The molecule has 0 atom stereocenters. The molecule has 106 valence electrons. The Morgan fingerprint density at radius 2 is 1.95 bits per heavy atom. The molecule has 0 spiro atoms. The van der Waals surface area contributed by atoms with Gasteiger partial charge in [0.1, 0.15) is 5.75 Å². The van der Waals surface area contributed by atoms with E-state index in [1.165, 1.54) is 0 Å². The predicted molar refractivity (Wildman–Crippen MR) is 80.4 cm³/mol. The van der Waals surface area contributed by atoms with E-state index in [1.54, 1.807) is 7.11 Å². The Bertz CT molecular complexity index is 389. The fraction of sp³-hybridized carbons (Fsp3) is 0.500. The third kappa shape index (κ3) is 4.37. The Hall–Kier alpha value is -1.32. The second kappa shape index (κ2) is 7.97. The predicted octanol–water partition coefficient (Wildman–Crippen LogP) is 2.85. The number of methoxy groups -OCH3 is 1. The van der Waals surface area contributed by atoms with Gasteiger partial charge in [0.25, 0.3) is 0 Å². The molecule has 0 amide bonds. The minimum absolute atomic E-state index is 0.162. The van der Waals surface area contributed by atoms with Crippen LogP contribution in [0, 0.1) is 0 Å². The van der Waals surface area contributed by atoms with Crippen LogP contribution >= 0.6 is 0 Å². The van der Waals surface area contributed by atoms with Gasteiger partial charge in [0, 0.05) is 17.6 Å². The first kappa shape index (κ1) is 15.7. The molecule has 0 heterocycles. The van der Waals surface area contributed by atoms with Gasteiger partial charge in [-0.3, -0.25) is 0 Å². The van der Waals surface area contributed by atoms with Crippen molar-refractivity contribution in [3.63, 3.8) is 0 Å². The van der Waals surface area contributed by atoms with E-state index < -0.39 is 0 Å². The van der Waals surface area contributed by atoms with Crippen LogP contribution in [0.3, 0.4) is 0 Å². The average molecular weight is 263 g/mol. The number of nitrogens with one attached hydrogen (secondary N) is 1. The normalized spacial score (nSPS) is 12.0. The molecule has 0 radical (unpaired) electrons. The van der Waals surface area contributed by atoms with E-state index in [1.807, 2.05) is 30.3 Å². The van der Waals surface area contributed by atoms with E-state index in [9.17, 15) is 5.11 Å². The number of hydrogen-bond donors (Lipinski definition) is 2. The van der Waals surface area contributed by atoms with Crippen LogP contribution in [-0.4, -0.2) is 30.9 Å². The molecule has 0 fully saturated rings. The van der Waals surface area contributed by atoms with Crippen LogP contribution in [0.1, 0.15) is 32.3 Å². The molecule has 0 aliphatic rings. The van der Waals surface area contributed by atoms with Gasteiger partial charge in [-0.1, -0.05) is 44.2 Å². The van der Waals surface area contributed by atoms with Crippen molar-refractivity contribution < 1.29 is 9.84 Å². The van der Waals surface area contributed by atoms with Crippen molar-refractivity contribution in [2.45, 2.75) is 32.2 Å². The molecule has 2 N–H and O–H groups in total. The summed E-state index contributed by atoms with van der Waals surface area (Å²) in [6.07, 6.45) is 5.94. The topological polar surface area (TPSA) is 41.5 Å². The largest absolute Gasteiger partial charge is 0.496 e. The molecule has 1 rings (SSSR count). The van der Waals surface area contributed by atoms with Crippen molar-refractivity contribution in [2.75, 3.05) is 20.3 Å². The van der Waals surface area contributed by atoms with Crippen molar-refractivity contribution in [2.24, 2.45) is 0 Å². The van der Waals surface area contributed by atoms with Gasteiger partial charge < -0.3 is 15.2 Å². The fourth-order valence-corrected chi connectivity index (χ4v) is 2.04. The van der Waals surface area contributed by atoms with Gasteiger partial charge in [0.2, 0.25) is 0 Å². The van der Waals surface area contributed by atoms with Gasteiger partial charge in [-0.05, 0) is 18.9 Å². The maximum Gasteiger partial charge on any atom is 0.126 e. The molecule has 3 heteroatoms. The Morgan fingerprint density at radius 3 is 2.53 bits per heavy atom. The SMILES string of the molecule is CCC(CC)(CO)NCC=Cc1ccccc1OC. The minimum atomic E-state index is -0.162. The Balaban J connectivity index is 2.59. The summed E-state index contributed by atoms with van der Waals surface area (Å²) in [5.41, 5.74) is 0.903. The third-order valence-electron chi connectivity index (χ3n) is 3.69. The Kier molecular flexibility index (Phi) is 6.60. The monoisotopic (exact) mass is 263 g/mol. The first-order valence-corrected chi connectivity index (χ1v) is 6.86. The number of rotatable bonds is 8. The van der Waals surface area contributed by atoms with E-state index in [-0.39, 0.29) is 12.1 Å². The summed E-state index contributed by atoms with van der Waals surface area (Å²) < 4.78 is 5.30. The highest BCUT2D eigenvalue weighted by Crippen LogP contribution is 2.18. The quantitative estimate of drug-likeness (QED) is 0.758. The molecule has 0 aromatic heterocycles. The number of aliphatic hydroxyl groups excluding tert-OH is 1. The van der Waals surface area contributed by atoms with Crippen LogP contribution < -0.4 is 10.1 Å². The summed E-state index contributed by atoms with van der Waals surface area (Å²) in [5.74, 6) is 0.873. The summed E-state index contributed by atoms with van der Waals surface area (Å²) >= 11 is 0. The second-order valence-electron chi connectivity index (χ2n) is 4.67. The highest BCUT2D eigenvalue weighted by atomic mass is 16.5. The molecular formula is C16H25NO2. The van der Waals surface area contributed by atoms with E-state index in [0.717, 1.165) is 30.7 Å². The van der Waals surface area contributed by atoms with Crippen LogP contribution in [0.2, 0.25) is 0 Å². The number of aliphatic hydroxyl groups is 1. The molecule has 0 bridgehead atoms. The van der Waals surface area contributed by atoms with Crippen LogP contribution in [0.15, 0.2) is 30.3 Å². The van der Waals surface area contributed by atoms with Crippen molar-refractivity contribution in [1.29, 1.82) is 0 Å². The molecule has 19 heavy (non-hydrogen) atoms. The van der Waals surface area contributed by atoms with Crippen molar-refractivity contribution in [3.05, 3.63) is 35.9 Å². The highest BCUT2D eigenvalue weighted by Gasteiger charge is 2.23. The molecule has 0 saturated heterocycles. The number of hydrogen-bond acceptors (Lipinski definition) is 3. The number of benzene rings is 1. The second-order valence-corrected chi connectivity index (χ2v) is 4.67. The lowest BCUT2D eigenvalue weighted by molar-refractivity contribution is 0.155. The summed E-state index contributed by atoms with van der Waals surface area (Å²) in [7, 11) is 1.68. The standard InChI is InChI=1S/C16H25NO2/c1-4-16(5-2,13-18)17-12-8-10-14-9-6-7-11-15(14)19-3/h6-11,17-18H,4-5,12-13H2,1-3H3. The molecule has 1 aromatic rings. The van der Waals surface area contributed by atoms with Crippen LogP contribution in [0.4, 0.5) is 0 Å². The van der Waals surface area contributed by atoms with Gasteiger partial charge in [0.05, 0.1) is 13.7 Å². The molecule has 3 nitrogen and oxygen atoms in total. The molecule has 0 saturated carbocycles. The maximum atomic E-state index is 9.47. The smallest absolute Gasteiger partial charge is 0.126 e. The number of ether oxygens (including phenoxy) is 1. The number of para-hydroxylation sites is 1. The van der Waals surface area contributed by atoms with Crippen molar-refractivity contribution in [3.8, 4) is 5.75 Å². The summed E-state index contributed by atoms with van der Waals surface area (Å²) in [6.45, 7) is 5.09. The zero-order valence-electron chi connectivity index (χ0n) is 12.1. The molecule has 0 aliphatic heterocycles. The first-order chi connectivity index (χ1) is 9.21. The van der Waals surface area contributed by atoms with Gasteiger partial charge in [-0.2, -0.15) is 0 Å². The lowest BCUT2D eigenvalue weighted by Gasteiger charge is -2.30. The lowest BCUT2D eigenvalue weighted by Crippen LogP contribution is -2.47. The lowest BCUT2D eigenvalue weighted by atomic mass is 9.94. The van der Waals surface area contributed by atoms with Crippen molar-refractivity contribution in [1.82, 2.24) is 5.32 Å². The van der Waals surface area contributed by atoms with E-state index in [2.05, 4.69) is 25.2 Å². The third-order valence-corrected chi connectivity index (χ3v) is 3.69. The van der Waals surface area contributed by atoms with Gasteiger partial charge in [-0.15, -0.1) is 0 Å². The average Bonchev–Trinajstić information content (AvgIpc) is 2.48. The van der Waals surface area contributed by atoms with Crippen LogP contribution in [-0.2, 0) is 0 Å². The Labute approximate surface area is 116 Å². The molecular weight excluding hydrogens is 238 g/mol. The fourth-order valence-electron chi connectivity index (χ4n) is 2.04. The van der Waals surface area contributed by atoms with Gasteiger partial charge in [-0.25, -0.2) is 0 Å². The molecule has 1 aromatic carbocycles. The van der Waals surface area contributed by atoms with E-state index in [0.29, 0.717) is 0 Å². The molecule has 0 aliphatic carbocycles. The Morgan fingerprint density at radius 1 is 1.26 bits per heavy atom. The highest BCUT2D eigenvalue weighted by molar-refractivity contribution is 5.57.